The lowest BCUT2D eigenvalue weighted by molar-refractivity contribution is 0.0668. The number of piperidine rings is 1. The molecule has 1 unspecified atom stereocenters. The number of aromatic hydroxyl groups is 1. The van der Waals surface area contributed by atoms with Gasteiger partial charge in [0.05, 0.1) is 5.56 Å². The molecule has 3 rings (SSSR count). The van der Waals surface area contributed by atoms with Crippen LogP contribution in [0.2, 0.25) is 0 Å². The summed E-state index contributed by atoms with van der Waals surface area (Å²) in [6.07, 6.45) is 3.87. The molecule has 0 aliphatic carbocycles. The SMILES string of the molecule is O=C(c1cc(F)c(F)c(O)c1F)N1CCC(C2CCCN2)CC1. The summed E-state index contributed by atoms with van der Waals surface area (Å²) in [4.78, 5) is 13.8. The molecule has 2 saturated heterocycles. The van der Waals surface area contributed by atoms with E-state index in [9.17, 15) is 23.1 Å². The van der Waals surface area contributed by atoms with Crippen LogP contribution in [-0.2, 0) is 0 Å². The number of benzene rings is 1. The Morgan fingerprint density at radius 2 is 1.87 bits per heavy atom. The lowest BCUT2D eigenvalue weighted by atomic mass is 9.88. The van der Waals surface area contributed by atoms with Crippen molar-refractivity contribution in [2.24, 2.45) is 5.92 Å². The van der Waals surface area contributed by atoms with Crippen molar-refractivity contribution in [1.82, 2.24) is 10.2 Å². The number of carbonyl (C=O) groups is 1. The fourth-order valence-electron chi connectivity index (χ4n) is 3.54. The molecule has 0 spiro atoms. The highest BCUT2D eigenvalue weighted by atomic mass is 19.2. The van der Waals surface area contributed by atoms with E-state index in [2.05, 4.69) is 5.32 Å². The van der Waals surface area contributed by atoms with Gasteiger partial charge in [0.15, 0.2) is 17.4 Å². The average molecular weight is 328 g/mol. The molecule has 2 heterocycles. The fourth-order valence-corrected chi connectivity index (χ4v) is 3.54. The molecule has 1 atom stereocenters. The van der Waals surface area contributed by atoms with E-state index in [1.54, 1.807) is 0 Å². The van der Waals surface area contributed by atoms with Crippen LogP contribution in [0.3, 0.4) is 0 Å². The molecule has 0 radical (unpaired) electrons. The molecule has 1 aromatic carbocycles. The maximum atomic E-state index is 13.9. The van der Waals surface area contributed by atoms with Gasteiger partial charge in [0.2, 0.25) is 5.82 Å². The van der Waals surface area contributed by atoms with Crippen LogP contribution in [0.4, 0.5) is 13.2 Å². The number of likely N-dealkylation sites (tertiary alicyclic amines) is 1. The second-order valence-corrected chi connectivity index (χ2v) is 6.21. The molecule has 2 fully saturated rings. The minimum Gasteiger partial charge on any atom is -0.503 e. The standard InChI is InChI=1S/C16H19F3N2O2/c17-11-8-10(13(18)15(22)14(11)19)16(23)21-6-3-9(4-7-21)12-2-1-5-20-12/h8-9,12,20,22H,1-7H2. The number of hydrogen-bond donors (Lipinski definition) is 2. The molecule has 1 amide bonds. The quantitative estimate of drug-likeness (QED) is 0.820. The van der Waals surface area contributed by atoms with Crippen LogP contribution >= 0.6 is 0 Å². The van der Waals surface area contributed by atoms with Gasteiger partial charge in [-0.3, -0.25) is 4.79 Å². The van der Waals surface area contributed by atoms with Gasteiger partial charge >= 0.3 is 0 Å². The fraction of sp³-hybridized carbons (Fsp3) is 0.562. The number of amides is 1. The number of hydrogen-bond acceptors (Lipinski definition) is 3. The van der Waals surface area contributed by atoms with Crippen LogP contribution in [-0.4, -0.2) is 41.6 Å². The van der Waals surface area contributed by atoms with E-state index in [-0.39, 0.29) is 0 Å². The Morgan fingerprint density at radius 1 is 1.17 bits per heavy atom. The maximum absolute atomic E-state index is 13.9. The van der Waals surface area contributed by atoms with Gasteiger partial charge in [-0.1, -0.05) is 0 Å². The van der Waals surface area contributed by atoms with Gasteiger partial charge in [0.25, 0.3) is 5.91 Å². The summed E-state index contributed by atoms with van der Waals surface area (Å²) in [5.74, 6) is -6.20. The van der Waals surface area contributed by atoms with Crippen LogP contribution in [0.1, 0.15) is 36.0 Å². The van der Waals surface area contributed by atoms with Gasteiger partial charge in [-0.05, 0) is 44.2 Å². The molecule has 0 aromatic heterocycles. The molecule has 126 valence electrons. The van der Waals surface area contributed by atoms with Gasteiger partial charge < -0.3 is 15.3 Å². The van der Waals surface area contributed by atoms with Crippen molar-refractivity contribution in [1.29, 1.82) is 0 Å². The monoisotopic (exact) mass is 328 g/mol. The van der Waals surface area contributed by atoms with Crippen molar-refractivity contribution < 1.29 is 23.1 Å². The molecular formula is C16H19F3N2O2. The molecule has 2 aliphatic rings. The Hall–Kier alpha value is -1.76. The Bertz CT molecular complexity index is 610. The minimum absolute atomic E-state index is 0.445. The topological polar surface area (TPSA) is 52.6 Å². The summed E-state index contributed by atoms with van der Waals surface area (Å²) in [6.45, 7) is 1.91. The zero-order valence-corrected chi connectivity index (χ0v) is 12.6. The highest BCUT2D eigenvalue weighted by Crippen LogP contribution is 2.29. The summed E-state index contributed by atoms with van der Waals surface area (Å²) in [5, 5.41) is 12.7. The summed E-state index contributed by atoms with van der Waals surface area (Å²) in [6, 6.07) is 0.980. The highest BCUT2D eigenvalue weighted by molar-refractivity contribution is 5.95. The van der Waals surface area contributed by atoms with Crippen molar-refractivity contribution >= 4 is 5.91 Å². The third-order valence-corrected chi connectivity index (χ3v) is 4.86. The van der Waals surface area contributed by atoms with Crippen LogP contribution < -0.4 is 5.32 Å². The van der Waals surface area contributed by atoms with Crippen molar-refractivity contribution in [2.75, 3.05) is 19.6 Å². The van der Waals surface area contributed by atoms with Crippen LogP contribution in [0.15, 0.2) is 6.07 Å². The highest BCUT2D eigenvalue weighted by Gasteiger charge is 2.32. The number of phenols is 1. The molecule has 7 heteroatoms. The molecule has 0 saturated carbocycles. The first-order valence-corrected chi connectivity index (χ1v) is 7.88. The molecule has 4 nitrogen and oxygen atoms in total. The first-order valence-electron chi connectivity index (χ1n) is 7.88. The number of nitrogens with zero attached hydrogens (tertiary/aromatic N) is 1. The van der Waals surface area contributed by atoms with E-state index in [0.717, 1.165) is 32.2 Å². The zero-order chi connectivity index (χ0) is 16.6. The average Bonchev–Trinajstić information content (AvgIpc) is 3.10. The number of rotatable bonds is 2. The van der Waals surface area contributed by atoms with E-state index in [4.69, 9.17) is 0 Å². The zero-order valence-electron chi connectivity index (χ0n) is 12.6. The minimum atomic E-state index is -1.68. The number of halogens is 3. The van der Waals surface area contributed by atoms with E-state index in [0.29, 0.717) is 31.1 Å². The molecule has 2 aliphatic heterocycles. The summed E-state index contributed by atoms with van der Waals surface area (Å²) in [7, 11) is 0. The van der Waals surface area contributed by atoms with Gasteiger partial charge in [-0.2, -0.15) is 4.39 Å². The smallest absolute Gasteiger partial charge is 0.257 e. The van der Waals surface area contributed by atoms with Crippen molar-refractivity contribution in [3.63, 3.8) is 0 Å². The number of phenolic OH excluding ortho intramolecular Hbond substituents is 1. The third kappa shape index (κ3) is 3.02. The van der Waals surface area contributed by atoms with E-state index in [1.165, 1.54) is 4.90 Å². The van der Waals surface area contributed by atoms with Crippen LogP contribution in [0.5, 0.6) is 5.75 Å². The Morgan fingerprint density at radius 3 is 2.48 bits per heavy atom. The van der Waals surface area contributed by atoms with Crippen molar-refractivity contribution in [3.05, 3.63) is 29.1 Å². The molecule has 2 N–H and O–H groups in total. The number of carbonyl (C=O) groups excluding carboxylic acids is 1. The van der Waals surface area contributed by atoms with Crippen LogP contribution in [0, 0.1) is 23.4 Å². The molecular weight excluding hydrogens is 309 g/mol. The van der Waals surface area contributed by atoms with Gasteiger partial charge in [-0.15, -0.1) is 0 Å². The predicted octanol–water partition coefficient (Wildman–Crippen LogP) is 2.41. The second-order valence-electron chi connectivity index (χ2n) is 6.21. The van der Waals surface area contributed by atoms with E-state index < -0.39 is 34.7 Å². The lowest BCUT2D eigenvalue weighted by Crippen LogP contribution is -2.43. The van der Waals surface area contributed by atoms with E-state index >= 15 is 0 Å². The van der Waals surface area contributed by atoms with Gasteiger partial charge in [0, 0.05) is 19.1 Å². The Balaban J connectivity index is 1.70. The Labute approximate surface area is 132 Å². The van der Waals surface area contributed by atoms with Crippen molar-refractivity contribution in [3.8, 4) is 5.75 Å². The van der Waals surface area contributed by atoms with Gasteiger partial charge in [0.1, 0.15) is 0 Å². The summed E-state index contributed by atoms with van der Waals surface area (Å²) >= 11 is 0. The predicted molar refractivity (Wildman–Crippen MR) is 77.6 cm³/mol. The maximum Gasteiger partial charge on any atom is 0.257 e. The first kappa shape index (κ1) is 16.1. The molecule has 23 heavy (non-hydrogen) atoms. The van der Waals surface area contributed by atoms with E-state index in [1.807, 2.05) is 0 Å². The second kappa shape index (κ2) is 6.39. The summed E-state index contributed by atoms with van der Waals surface area (Å²) < 4.78 is 40.3. The van der Waals surface area contributed by atoms with Crippen LogP contribution in [0.25, 0.3) is 0 Å². The van der Waals surface area contributed by atoms with Crippen molar-refractivity contribution in [2.45, 2.75) is 31.7 Å². The lowest BCUT2D eigenvalue weighted by Gasteiger charge is -2.35. The molecule has 1 aromatic rings. The largest absolute Gasteiger partial charge is 0.503 e. The third-order valence-electron chi connectivity index (χ3n) is 4.86. The Kier molecular flexibility index (Phi) is 4.48. The number of nitrogens with one attached hydrogen (secondary N) is 1. The first-order chi connectivity index (χ1) is 11.0. The van der Waals surface area contributed by atoms with Gasteiger partial charge in [-0.25, -0.2) is 8.78 Å². The molecule has 0 bridgehead atoms. The summed E-state index contributed by atoms with van der Waals surface area (Å²) in [5.41, 5.74) is -0.626. The normalized spacial score (nSPS) is 22.6.